The van der Waals surface area contributed by atoms with E-state index in [9.17, 15) is 19.3 Å². The smallest absolute Gasteiger partial charge is 0.341 e. The monoisotopic (exact) mass is 326 g/mol. The molecule has 0 aromatic heterocycles. The van der Waals surface area contributed by atoms with Crippen LogP contribution in [0.1, 0.15) is 37.6 Å². The van der Waals surface area contributed by atoms with E-state index in [0.29, 0.717) is 6.61 Å². The van der Waals surface area contributed by atoms with E-state index in [1.807, 2.05) is 0 Å². The number of carbonyl (C=O) groups is 1. The van der Waals surface area contributed by atoms with Gasteiger partial charge in [0, 0.05) is 19.2 Å². The first-order valence-corrected chi connectivity index (χ1v) is 7.25. The minimum Gasteiger partial charge on any atom is -0.456 e. The van der Waals surface area contributed by atoms with Crippen molar-refractivity contribution in [3.8, 4) is 0 Å². The highest BCUT2D eigenvalue weighted by molar-refractivity contribution is 5.92. The first-order valence-electron chi connectivity index (χ1n) is 7.25. The van der Waals surface area contributed by atoms with Gasteiger partial charge in [0.25, 0.3) is 5.69 Å². The second kappa shape index (κ2) is 6.49. The molecule has 0 spiro atoms. The summed E-state index contributed by atoms with van der Waals surface area (Å²) in [7, 11) is 0. The molecule has 1 saturated heterocycles. The lowest BCUT2D eigenvalue weighted by Crippen LogP contribution is -2.34. The topological polar surface area (TPSA) is 90.7 Å². The molecule has 1 N–H and O–H groups in total. The first kappa shape index (κ1) is 17.1. The molecule has 7 nitrogen and oxygen atoms in total. The average Bonchev–Trinajstić information content (AvgIpc) is 2.35. The average molecular weight is 326 g/mol. The molecular formula is C15H19FN2O5. The molecule has 1 aromatic carbocycles. The SMILES string of the molecule is CC(C)(C)OC(=O)c1ccc([N+](=O)[O-])c(NC[C@@H]2CCO2)c1F. The van der Waals surface area contributed by atoms with Crippen molar-refractivity contribution in [2.45, 2.75) is 38.9 Å². The number of nitrogens with one attached hydrogen (secondary N) is 1. The molecule has 1 aromatic rings. The second-order valence-electron chi connectivity index (χ2n) is 6.24. The molecule has 0 bridgehead atoms. The van der Waals surface area contributed by atoms with Crippen LogP contribution in [-0.4, -0.2) is 35.7 Å². The van der Waals surface area contributed by atoms with Crippen molar-refractivity contribution in [1.29, 1.82) is 0 Å². The van der Waals surface area contributed by atoms with E-state index in [2.05, 4.69) is 5.32 Å². The number of ether oxygens (including phenoxy) is 2. The van der Waals surface area contributed by atoms with E-state index in [4.69, 9.17) is 9.47 Å². The quantitative estimate of drug-likeness (QED) is 0.508. The van der Waals surface area contributed by atoms with Gasteiger partial charge in [-0.05, 0) is 33.3 Å². The summed E-state index contributed by atoms with van der Waals surface area (Å²) >= 11 is 0. The zero-order valence-corrected chi connectivity index (χ0v) is 13.2. The third-order valence-corrected chi connectivity index (χ3v) is 3.24. The molecule has 0 aliphatic carbocycles. The lowest BCUT2D eigenvalue weighted by atomic mass is 10.1. The van der Waals surface area contributed by atoms with Crippen LogP contribution in [-0.2, 0) is 9.47 Å². The number of carbonyl (C=O) groups excluding carboxylic acids is 1. The van der Waals surface area contributed by atoms with Gasteiger partial charge in [-0.25, -0.2) is 9.18 Å². The maximum atomic E-state index is 14.6. The van der Waals surface area contributed by atoms with Crippen LogP contribution in [0.25, 0.3) is 0 Å². The zero-order chi connectivity index (χ0) is 17.2. The minimum atomic E-state index is -0.993. The molecule has 126 valence electrons. The predicted octanol–water partition coefficient (Wildman–Crippen LogP) is 2.89. The highest BCUT2D eigenvalue weighted by atomic mass is 19.1. The second-order valence-corrected chi connectivity index (χ2v) is 6.24. The lowest BCUT2D eigenvalue weighted by Gasteiger charge is -2.27. The van der Waals surface area contributed by atoms with Crippen molar-refractivity contribution in [3.05, 3.63) is 33.6 Å². The highest BCUT2D eigenvalue weighted by Gasteiger charge is 2.28. The molecule has 1 aliphatic rings. The van der Waals surface area contributed by atoms with Crippen molar-refractivity contribution >= 4 is 17.3 Å². The Labute approximate surface area is 132 Å². The van der Waals surface area contributed by atoms with Crippen LogP contribution in [0.3, 0.4) is 0 Å². The fraction of sp³-hybridized carbons (Fsp3) is 0.533. The Morgan fingerprint density at radius 3 is 2.65 bits per heavy atom. The molecule has 2 rings (SSSR count). The van der Waals surface area contributed by atoms with Gasteiger partial charge in [-0.1, -0.05) is 0 Å². The van der Waals surface area contributed by atoms with Crippen molar-refractivity contribution in [3.63, 3.8) is 0 Å². The minimum absolute atomic E-state index is 0.112. The van der Waals surface area contributed by atoms with Gasteiger partial charge in [-0.2, -0.15) is 0 Å². The van der Waals surface area contributed by atoms with E-state index in [1.54, 1.807) is 20.8 Å². The van der Waals surface area contributed by atoms with Crippen LogP contribution in [0.5, 0.6) is 0 Å². The molecule has 1 atom stereocenters. The summed E-state index contributed by atoms with van der Waals surface area (Å²) in [5.74, 6) is -1.86. The number of halogens is 1. The molecule has 1 fully saturated rings. The van der Waals surface area contributed by atoms with Crippen molar-refractivity contribution in [2.24, 2.45) is 0 Å². The van der Waals surface area contributed by atoms with Gasteiger partial charge in [0.05, 0.1) is 16.6 Å². The Hall–Kier alpha value is -2.22. The number of hydrogen-bond donors (Lipinski definition) is 1. The van der Waals surface area contributed by atoms with Crippen LogP contribution in [0.2, 0.25) is 0 Å². The zero-order valence-electron chi connectivity index (χ0n) is 13.2. The molecule has 0 radical (unpaired) electrons. The van der Waals surface area contributed by atoms with Gasteiger partial charge in [0.2, 0.25) is 0 Å². The van der Waals surface area contributed by atoms with E-state index in [0.717, 1.165) is 18.6 Å². The Balaban J connectivity index is 2.30. The molecule has 1 heterocycles. The van der Waals surface area contributed by atoms with Crippen LogP contribution in [0.4, 0.5) is 15.8 Å². The number of anilines is 1. The van der Waals surface area contributed by atoms with Gasteiger partial charge < -0.3 is 14.8 Å². The maximum Gasteiger partial charge on any atom is 0.341 e. The molecule has 23 heavy (non-hydrogen) atoms. The predicted molar refractivity (Wildman–Crippen MR) is 81.1 cm³/mol. The molecule has 8 heteroatoms. The Morgan fingerprint density at radius 1 is 1.52 bits per heavy atom. The molecule has 1 aliphatic heterocycles. The van der Waals surface area contributed by atoms with Gasteiger partial charge in [-0.3, -0.25) is 10.1 Å². The Bertz CT molecular complexity index is 623. The fourth-order valence-corrected chi connectivity index (χ4v) is 2.04. The number of esters is 1. The van der Waals surface area contributed by atoms with Crippen LogP contribution >= 0.6 is 0 Å². The number of hydrogen-bond acceptors (Lipinski definition) is 6. The van der Waals surface area contributed by atoms with Crippen LogP contribution in [0.15, 0.2) is 12.1 Å². The van der Waals surface area contributed by atoms with E-state index >= 15 is 0 Å². The summed E-state index contributed by atoms with van der Waals surface area (Å²) in [6.07, 6.45) is 0.688. The van der Waals surface area contributed by atoms with Crippen molar-refractivity contribution in [1.82, 2.24) is 0 Å². The van der Waals surface area contributed by atoms with Crippen LogP contribution in [0, 0.1) is 15.9 Å². The first-order chi connectivity index (χ1) is 10.7. The summed E-state index contributed by atoms with van der Waals surface area (Å²) in [6.45, 7) is 5.81. The molecular weight excluding hydrogens is 307 g/mol. The van der Waals surface area contributed by atoms with E-state index in [-0.39, 0.29) is 23.9 Å². The van der Waals surface area contributed by atoms with Crippen molar-refractivity contribution in [2.75, 3.05) is 18.5 Å². The van der Waals surface area contributed by atoms with Crippen LogP contribution < -0.4 is 5.32 Å². The fourth-order valence-electron chi connectivity index (χ4n) is 2.04. The maximum absolute atomic E-state index is 14.6. The number of benzene rings is 1. The largest absolute Gasteiger partial charge is 0.456 e. The van der Waals surface area contributed by atoms with E-state index < -0.39 is 28.0 Å². The Kier molecular flexibility index (Phi) is 4.84. The number of nitro groups is 1. The standard InChI is InChI=1S/C15H19FN2O5/c1-15(2,3)23-14(19)10-4-5-11(18(20)21)13(12(10)16)17-8-9-6-7-22-9/h4-5,9,17H,6-8H2,1-3H3/t9-/m0/s1. The third-order valence-electron chi connectivity index (χ3n) is 3.24. The highest BCUT2D eigenvalue weighted by Crippen LogP contribution is 2.31. The number of nitrogens with zero attached hydrogens (tertiary/aromatic N) is 1. The summed E-state index contributed by atoms with van der Waals surface area (Å²) in [4.78, 5) is 22.4. The third kappa shape index (κ3) is 4.16. The summed E-state index contributed by atoms with van der Waals surface area (Å²) in [5, 5.41) is 13.7. The summed E-state index contributed by atoms with van der Waals surface area (Å²) in [5.41, 5.74) is -1.90. The normalized spacial score (nSPS) is 17.3. The number of rotatable bonds is 5. The molecule has 0 unspecified atom stereocenters. The summed E-state index contributed by atoms with van der Waals surface area (Å²) in [6, 6.07) is 2.15. The molecule has 0 saturated carbocycles. The van der Waals surface area contributed by atoms with Gasteiger partial charge >= 0.3 is 5.97 Å². The number of nitro benzene ring substituents is 1. The lowest BCUT2D eigenvalue weighted by molar-refractivity contribution is -0.384. The van der Waals surface area contributed by atoms with Gasteiger partial charge in [0.1, 0.15) is 5.60 Å². The summed E-state index contributed by atoms with van der Waals surface area (Å²) < 4.78 is 24.9. The van der Waals surface area contributed by atoms with E-state index in [1.165, 1.54) is 0 Å². The molecule has 0 amide bonds. The Morgan fingerprint density at radius 2 is 2.17 bits per heavy atom. The van der Waals surface area contributed by atoms with Crippen molar-refractivity contribution < 1.29 is 23.6 Å². The van der Waals surface area contributed by atoms with Gasteiger partial charge in [-0.15, -0.1) is 0 Å². The van der Waals surface area contributed by atoms with Gasteiger partial charge in [0.15, 0.2) is 11.5 Å².